The van der Waals surface area contributed by atoms with Gasteiger partial charge in [0, 0.05) is 18.3 Å². The van der Waals surface area contributed by atoms with Crippen molar-refractivity contribution in [2.45, 2.75) is 18.3 Å². The van der Waals surface area contributed by atoms with E-state index in [1.54, 1.807) is 0 Å². The molecule has 3 atom stereocenters. The van der Waals surface area contributed by atoms with Crippen molar-refractivity contribution in [3.63, 3.8) is 0 Å². The Balaban J connectivity index is 3.28. The summed E-state index contributed by atoms with van der Waals surface area (Å²) in [5.41, 5.74) is 2.48. The second-order valence-electron chi connectivity index (χ2n) is 4.81. The number of hydrogen-bond donors (Lipinski definition) is 4. The monoisotopic (exact) mass is 363 g/mol. The number of rotatable bonds is 8. The Morgan fingerprint density at radius 2 is 1.71 bits per heavy atom. The molecule has 1 aromatic rings. The molecule has 13 heteroatoms. The second kappa shape index (κ2) is 7.45. The number of nitro benzene ring substituents is 2. The number of aliphatic hydroxyl groups is 1. The summed E-state index contributed by atoms with van der Waals surface area (Å²) in [6.07, 6.45) is -1.29. The third-order valence-corrected chi connectivity index (χ3v) is 5.09. The molecule has 12 nitrogen and oxygen atoms in total. The van der Waals surface area contributed by atoms with Crippen molar-refractivity contribution in [1.82, 2.24) is 0 Å². The quantitative estimate of drug-likeness (QED) is 0.286. The third kappa shape index (κ3) is 4.32. The number of nitrogens with zero attached hydrogens (tertiary/aromatic N) is 2. The molecule has 0 amide bonds. The molecule has 0 spiro atoms. The van der Waals surface area contributed by atoms with E-state index in [1.807, 2.05) is 0 Å². The first-order valence-electron chi connectivity index (χ1n) is 6.38. The van der Waals surface area contributed by atoms with E-state index < -0.39 is 64.6 Å². The topological polar surface area (TPSA) is 207 Å². The number of nitrogens with two attached hydrogens (primary N) is 1. The molecule has 0 saturated carbocycles. The fourth-order valence-corrected chi connectivity index (χ4v) is 3.46. The molecule has 24 heavy (non-hydrogen) atoms. The highest BCUT2D eigenvalue weighted by Crippen LogP contribution is 2.57. The standard InChI is InChI=1S/C11H14N3O9P/c12-6(10(15)16)4-5-24(22,23)11(17)9-7(13(18)19)2-1-3-8(9)14(20)21/h1-3,6,11,17H,4-5,12H2,(H,15,16)(H,22,23)/t6-,11?/m0/s1. The largest absolute Gasteiger partial charge is 0.480 e. The lowest BCUT2D eigenvalue weighted by molar-refractivity contribution is -0.396. The number of carboxylic acid groups (broad SMARTS) is 1. The predicted molar refractivity (Wildman–Crippen MR) is 79.6 cm³/mol. The highest BCUT2D eigenvalue weighted by Gasteiger charge is 2.40. The number of nitro groups is 2. The fraction of sp³-hybridized carbons (Fsp3) is 0.364. The molecule has 5 N–H and O–H groups in total. The van der Waals surface area contributed by atoms with Crippen molar-refractivity contribution < 1.29 is 34.3 Å². The van der Waals surface area contributed by atoms with E-state index in [9.17, 15) is 39.6 Å². The van der Waals surface area contributed by atoms with E-state index in [0.29, 0.717) is 0 Å². The second-order valence-corrected chi connectivity index (χ2v) is 7.26. The number of aliphatic hydroxyl groups excluding tert-OH is 1. The van der Waals surface area contributed by atoms with Crippen LogP contribution in [-0.2, 0) is 9.36 Å². The molecule has 0 heterocycles. The number of carbonyl (C=O) groups is 1. The van der Waals surface area contributed by atoms with Gasteiger partial charge in [0.05, 0.1) is 9.85 Å². The maximum absolute atomic E-state index is 12.2. The molecular formula is C11H14N3O9P. The van der Waals surface area contributed by atoms with Crippen LogP contribution in [-0.4, -0.2) is 43.1 Å². The van der Waals surface area contributed by atoms with Gasteiger partial charge in [-0.1, -0.05) is 0 Å². The molecule has 2 unspecified atom stereocenters. The maximum Gasteiger partial charge on any atom is 0.320 e. The summed E-state index contributed by atoms with van der Waals surface area (Å²) in [6.45, 7) is 0. The highest BCUT2D eigenvalue weighted by atomic mass is 31.2. The van der Waals surface area contributed by atoms with Gasteiger partial charge in [-0.05, 0) is 12.5 Å². The van der Waals surface area contributed by atoms with Crippen molar-refractivity contribution in [1.29, 1.82) is 0 Å². The molecular weight excluding hydrogens is 349 g/mol. The Morgan fingerprint density at radius 3 is 2.08 bits per heavy atom. The van der Waals surface area contributed by atoms with E-state index in [-0.39, 0.29) is 0 Å². The van der Waals surface area contributed by atoms with Crippen LogP contribution in [0.1, 0.15) is 17.8 Å². The van der Waals surface area contributed by atoms with Crippen LogP contribution in [0.3, 0.4) is 0 Å². The summed E-state index contributed by atoms with van der Waals surface area (Å²) >= 11 is 0. The van der Waals surface area contributed by atoms with Crippen molar-refractivity contribution in [3.05, 3.63) is 44.0 Å². The minimum Gasteiger partial charge on any atom is -0.480 e. The van der Waals surface area contributed by atoms with Gasteiger partial charge < -0.3 is 20.8 Å². The zero-order valence-electron chi connectivity index (χ0n) is 12.0. The van der Waals surface area contributed by atoms with E-state index in [4.69, 9.17) is 10.8 Å². The van der Waals surface area contributed by atoms with Crippen LogP contribution in [0.2, 0.25) is 0 Å². The SMILES string of the molecule is N[C@@H](CCP(=O)(O)C(O)c1c([N+](=O)[O-])cccc1[N+](=O)[O-])C(=O)O. The zero-order valence-corrected chi connectivity index (χ0v) is 12.9. The predicted octanol–water partition coefficient (Wildman–Crippen LogP) is 0.566. The smallest absolute Gasteiger partial charge is 0.320 e. The molecule has 132 valence electrons. The summed E-state index contributed by atoms with van der Waals surface area (Å²) in [6, 6.07) is 1.19. The Bertz CT molecular complexity index is 690. The summed E-state index contributed by atoms with van der Waals surface area (Å²) in [4.78, 5) is 40.4. The van der Waals surface area contributed by atoms with Crippen LogP contribution < -0.4 is 5.73 Å². The van der Waals surface area contributed by atoms with Gasteiger partial charge in [0.2, 0.25) is 7.37 Å². The van der Waals surface area contributed by atoms with Gasteiger partial charge in [-0.15, -0.1) is 0 Å². The first-order valence-corrected chi connectivity index (χ1v) is 8.30. The third-order valence-electron chi connectivity index (χ3n) is 3.17. The molecule has 0 saturated heterocycles. The molecule has 0 aliphatic carbocycles. The average Bonchev–Trinajstić information content (AvgIpc) is 2.50. The van der Waals surface area contributed by atoms with Crippen LogP contribution in [0.5, 0.6) is 0 Å². The highest BCUT2D eigenvalue weighted by molar-refractivity contribution is 7.58. The van der Waals surface area contributed by atoms with E-state index in [2.05, 4.69) is 0 Å². The van der Waals surface area contributed by atoms with Crippen molar-refractivity contribution in [3.8, 4) is 0 Å². The lowest BCUT2D eigenvalue weighted by atomic mass is 10.1. The minimum absolute atomic E-state index is 0.505. The van der Waals surface area contributed by atoms with Gasteiger partial charge in [-0.2, -0.15) is 0 Å². The van der Waals surface area contributed by atoms with E-state index in [0.717, 1.165) is 18.2 Å². The van der Waals surface area contributed by atoms with Crippen LogP contribution in [0.15, 0.2) is 18.2 Å². The van der Waals surface area contributed by atoms with Gasteiger partial charge >= 0.3 is 5.97 Å². The first kappa shape index (κ1) is 19.6. The summed E-state index contributed by atoms with van der Waals surface area (Å²) < 4.78 is 12.2. The number of hydrogen-bond acceptors (Lipinski definition) is 8. The normalized spacial score (nSPS) is 16.0. The van der Waals surface area contributed by atoms with Gasteiger partial charge in [0.1, 0.15) is 11.6 Å². The lowest BCUT2D eigenvalue weighted by Gasteiger charge is -2.19. The minimum atomic E-state index is -4.63. The van der Waals surface area contributed by atoms with E-state index in [1.165, 1.54) is 0 Å². The Kier molecular flexibility index (Phi) is 6.10. The molecule has 0 aliphatic rings. The van der Waals surface area contributed by atoms with Crippen molar-refractivity contribution in [2.24, 2.45) is 5.73 Å². The Morgan fingerprint density at radius 1 is 1.25 bits per heavy atom. The molecule has 0 aliphatic heterocycles. The van der Waals surface area contributed by atoms with Crippen LogP contribution in [0.25, 0.3) is 0 Å². The number of benzene rings is 1. The molecule has 0 aromatic heterocycles. The van der Waals surface area contributed by atoms with Crippen molar-refractivity contribution >= 4 is 24.7 Å². The van der Waals surface area contributed by atoms with Crippen LogP contribution >= 0.6 is 7.37 Å². The molecule has 1 aromatic carbocycles. The number of carboxylic acids is 1. The Labute approximate surface area is 134 Å². The molecule has 0 fully saturated rings. The van der Waals surface area contributed by atoms with Crippen LogP contribution in [0.4, 0.5) is 11.4 Å². The first-order chi connectivity index (χ1) is 11.0. The average molecular weight is 363 g/mol. The molecule has 0 radical (unpaired) electrons. The van der Waals surface area contributed by atoms with Gasteiger partial charge in [0.15, 0.2) is 5.85 Å². The zero-order chi connectivity index (χ0) is 18.7. The lowest BCUT2D eigenvalue weighted by Crippen LogP contribution is -2.31. The van der Waals surface area contributed by atoms with Crippen LogP contribution in [0, 0.1) is 20.2 Å². The van der Waals surface area contributed by atoms with E-state index >= 15 is 0 Å². The fourth-order valence-electron chi connectivity index (χ4n) is 1.90. The summed E-state index contributed by atoms with van der Waals surface area (Å²) in [7, 11) is -4.63. The Hall–Kier alpha value is -2.40. The molecule has 0 bridgehead atoms. The summed E-state index contributed by atoms with van der Waals surface area (Å²) in [5, 5.41) is 40.7. The van der Waals surface area contributed by atoms with Gasteiger partial charge in [-0.25, -0.2) is 0 Å². The summed E-state index contributed by atoms with van der Waals surface area (Å²) in [5.74, 6) is -3.87. The van der Waals surface area contributed by atoms with Crippen molar-refractivity contribution in [2.75, 3.05) is 6.16 Å². The number of aliphatic carboxylic acids is 1. The van der Waals surface area contributed by atoms with Gasteiger partial charge in [0.25, 0.3) is 11.4 Å². The van der Waals surface area contributed by atoms with Gasteiger partial charge in [-0.3, -0.25) is 29.6 Å². The maximum atomic E-state index is 12.2. The molecule has 1 rings (SSSR count).